The van der Waals surface area contributed by atoms with Crippen LogP contribution in [0.4, 0.5) is 5.69 Å². The quantitative estimate of drug-likeness (QED) is 0.944. The van der Waals surface area contributed by atoms with E-state index in [9.17, 15) is 8.42 Å². The Balaban J connectivity index is 1.92. The first-order chi connectivity index (χ1) is 9.54. The number of benzene rings is 1. The molecular formula is C15H16N2O2S. The molecule has 1 aliphatic rings. The largest absolute Gasteiger partial charge is 0.280 e. The van der Waals surface area contributed by atoms with E-state index in [1.807, 2.05) is 13.0 Å². The monoisotopic (exact) mass is 288 g/mol. The number of hydrogen-bond donors (Lipinski definition) is 1. The number of sulfonamides is 1. The molecule has 104 valence electrons. The summed E-state index contributed by atoms with van der Waals surface area (Å²) >= 11 is 0. The van der Waals surface area contributed by atoms with Crippen molar-refractivity contribution in [1.29, 1.82) is 0 Å². The molecule has 1 aromatic carbocycles. The smallest absolute Gasteiger partial charge is 0.261 e. The van der Waals surface area contributed by atoms with Crippen molar-refractivity contribution in [3.8, 4) is 0 Å². The van der Waals surface area contributed by atoms with Crippen molar-refractivity contribution in [2.45, 2.75) is 31.1 Å². The van der Waals surface area contributed by atoms with Gasteiger partial charge in [0, 0.05) is 11.9 Å². The van der Waals surface area contributed by atoms with Crippen molar-refractivity contribution in [2.75, 3.05) is 4.72 Å². The van der Waals surface area contributed by atoms with E-state index in [0.29, 0.717) is 10.6 Å². The predicted octanol–water partition coefficient (Wildman–Crippen LogP) is 2.68. The average Bonchev–Trinajstić information content (AvgIpc) is 2.85. The van der Waals surface area contributed by atoms with Crippen LogP contribution in [0.3, 0.4) is 0 Å². The van der Waals surface area contributed by atoms with Gasteiger partial charge in [0.2, 0.25) is 0 Å². The molecule has 0 atom stereocenters. The summed E-state index contributed by atoms with van der Waals surface area (Å²) in [5, 5.41) is 0. The highest BCUT2D eigenvalue weighted by Gasteiger charge is 2.18. The van der Waals surface area contributed by atoms with E-state index in [0.717, 1.165) is 30.5 Å². The number of pyridine rings is 1. The van der Waals surface area contributed by atoms with E-state index in [1.165, 1.54) is 5.56 Å². The van der Waals surface area contributed by atoms with Gasteiger partial charge in [0.1, 0.15) is 0 Å². The number of anilines is 1. The molecule has 3 rings (SSSR count). The van der Waals surface area contributed by atoms with Gasteiger partial charge in [-0.25, -0.2) is 8.42 Å². The minimum atomic E-state index is -3.53. The number of aromatic nitrogens is 1. The standard InChI is InChI=1S/C15H16N2O2S/c1-11-9-14(7-8-16-11)17-20(18,19)15-6-5-12-3-2-4-13(12)10-15/h5-10H,2-4H2,1H3,(H,16,17). The molecule has 20 heavy (non-hydrogen) atoms. The third kappa shape index (κ3) is 2.54. The van der Waals surface area contributed by atoms with Crippen LogP contribution in [0.1, 0.15) is 23.2 Å². The SMILES string of the molecule is Cc1cc(NS(=O)(=O)c2ccc3c(c2)CCC3)ccn1. The molecule has 0 aliphatic heterocycles. The second-order valence-corrected chi connectivity index (χ2v) is 6.76. The van der Waals surface area contributed by atoms with E-state index < -0.39 is 10.0 Å². The van der Waals surface area contributed by atoms with E-state index >= 15 is 0 Å². The molecule has 1 aromatic heterocycles. The number of hydrogen-bond acceptors (Lipinski definition) is 3. The first-order valence-electron chi connectivity index (χ1n) is 6.62. The van der Waals surface area contributed by atoms with Crippen molar-refractivity contribution >= 4 is 15.7 Å². The molecule has 0 unspecified atom stereocenters. The summed E-state index contributed by atoms with van der Waals surface area (Å²) in [6, 6.07) is 8.76. The maximum absolute atomic E-state index is 12.4. The summed E-state index contributed by atoms with van der Waals surface area (Å²) in [4.78, 5) is 4.38. The average molecular weight is 288 g/mol. The molecule has 0 fully saturated rings. The van der Waals surface area contributed by atoms with Gasteiger partial charge in [-0.05, 0) is 61.6 Å². The number of nitrogens with zero attached hydrogens (tertiary/aromatic N) is 1. The fraction of sp³-hybridized carbons (Fsp3) is 0.267. The minimum absolute atomic E-state index is 0.326. The molecule has 2 aromatic rings. The third-order valence-corrected chi connectivity index (χ3v) is 4.91. The van der Waals surface area contributed by atoms with E-state index in [1.54, 1.807) is 30.5 Å². The van der Waals surface area contributed by atoms with Gasteiger partial charge < -0.3 is 0 Å². The molecule has 0 spiro atoms. The first-order valence-corrected chi connectivity index (χ1v) is 8.10. The van der Waals surface area contributed by atoms with Gasteiger partial charge in [0.25, 0.3) is 10.0 Å². The van der Waals surface area contributed by atoms with Crippen LogP contribution >= 0.6 is 0 Å². The van der Waals surface area contributed by atoms with Crippen molar-refractivity contribution in [3.63, 3.8) is 0 Å². The Bertz CT molecular complexity index is 754. The molecule has 0 amide bonds. The van der Waals surface area contributed by atoms with Crippen LogP contribution in [-0.2, 0) is 22.9 Å². The zero-order valence-electron chi connectivity index (χ0n) is 11.3. The molecule has 0 radical (unpaired) electrons. The van der Waals surface area contributed by atoms with Crippen molar-refractivity contribution in [2.24, 2.45) is 0 Å². The van der Waals surface area contributed by atoms with Gasteiger partial charge >= 0.3 is 0 Å². The van der Waals surface area contributed by atoms with Crippen LogP contribution in [0.15, 0.2) is 41.4 Å². The Labute approximate surface area is 118 Å². The van der Waals surface area contributed by atoms with Crippen LogP contribution in [0, 0.1) is 6.92 Å². The lowest BCUT2D eigenvalue weighted by atomic mass is 10.1. The number of aryl methyl sites for hydroxylation is 3. The van der Waals surface area contributed by atoms with Crippen molar-refractivity contribution in [3.05, 3.63) is 53.3 Å². The van der Waals surface area contributed by atoms with Crippen LogP contribution in [0.5, 0.6) is 0 Å². The van der Waals surface area contributed by atoms with Gasteiger partial charge in [-0.3, -0.25) is 9.71 Å². The van der Waals surface area contributed by atoms with Crippen LogP contribution < -0.4 is 4.72 Å². The summed E-state index contributed by atoms with van der Waals surface area (Å²) in [6.45, 7) is 1.83. The lowest BCUT2D eigenvalue weighted by Gasteiger charge is -2.09. The fourth-order valence-corrected chi connectivity index (χ4v) is 3.64. The van der Waals surface area contributed by atoms with Crippen LogP contribution in [-0.4, -0.2) is 13.4 Å². The molecule has 0 saturated carbocycles. The van der Waals surface area contributed by atoms with Gasteiger partial charge in [0.15, 0.2) is 0 Å². The second-order valence-electron chi connectivity index (χ2n) is 5.08. The second kappa shape index (κ2) is 4.90. The summed E-state index contributed by atoms with van der Waals surface area (Å²) in [6.07, 6.45) is 4.71. The fourth-order valence-electron chi connectivity index (χ4n) is 2.54. The Hall–Kier alpha value is -1.88. The molecule has 1 N–H and O–H groups in total. The summed E-state index contributed by atoms with van der Waals surface area (Å²) in [7, 11) is -3.53. The number of rotatable bonds is 3. The molecule has 0 bridgehead atoms. The number of fused-ring (bicyclic) bond motifs is 1. The van der Waals surface area contributed by atoms with E-state index in [-0.39, 0.29) is 0 Å². The van der Waals surface area contributed by atoms with E-state index in [2.05, 4.69) is 9.71 Å². The van der Waals surface area contributed by atoms with Crippen molar-refractivity contribution < 1.29 is 8.42 Å². The van der Waals surface area contributed by atoms with Crippen molar-refractivity contribution in [1.82, 2.24) is 4.98 Å². The van der Waals surface area contributed by atoms with Gasteiger partial charge in [0.05, 0.1) is 10.6 Å². The Morgan fingerprint density at radius 1 is 1.10 bits per heavy atom. The zero-order valence-corrected chi connectivity index (χ0v) is 12.1. The highest BCUT2D eigenvalue weighted by atomic mass is 32.2. The maximum atomic E-state index is 12.4. The Morgan fingerprint density at radius 2 is 1.90 bits per heavy atom. The summed E-state index contributed by atoms with van der Waals surface area (Å²) in [5.74, 6) is 0. The Morgan fingerprint density at radius 3 is 2.70 bits per heavy atom. The third-order valence-electron chi connectivity index (χ3n) is 3.53. The molecule has 1 aliphatic carbocycles. The minimum Gasteiger partial charge on any atom is -0.280 e. The van der Waals surface area contributed by atoms with Gasteiger partial charge in [-0.15, -0.1) is 0 Å². The number of nitrogens with one attached hydrogen (secondary N) is 1. The Kier molecular flexibility index (Phi) is 3.22. The topological polar surface area (TPSA) is 59.1 Å². The van der Waals surface area contributed by atoms with Gasteiger partial charge in [-0.1, -0.05) is 6.07 Å². The highest BCUT2D eigenvalue weighted by Crippen LogP contribution is 2.25. The lowest BCUT2D eigenvalue weighted by molar-refractivity contribution is 0.601. The lowest BCUT2D eigenvalue weighted by Crippen LogP contribution is -2.13. The van der Waals surface area contributed by atoms with Gasteiger partial charge in [-0.2, -0.15) is 0 Å². The molecule has 4 nitrogen and oxygen atoms in total. The normalized spacial score (nSPS) is 14.1. The molecular weight excluding hydrogens is 272 g/mol. The summed E-state index contributed by atoms with van der Waals surface area (Å²) < 4.78 is 27.4. The zero-order chi connectivity index (χ0) is 14.2. The summed E-state index contributed by atoms with van der Waals surface area (Å²) in [5.41, 5.74) is 3.74. The molecule has 5 heteroatoms. The maximum Gasteiger partial charge on any atom is 0.261 e. The highest BCUT2D eigenvalue weighted by molar-refractivity contribution is 7.92. The molecule has 1 heterocycles. The van der Waals surface area contributed by atoms with E-state index in [4.69, 9.17) is 0 Å². The molecule has 0 saturated heterocycles. The van der Waals surface area contributed by atoms with Crippen LogP contribution in [0.2, 0.25) is 0 Å². The van der Waals surface area contributed by atoms with Crippen LogP contribution in [0.25, 0.3) is 0 Å². The first kappa shape index (κ1) is 13.1. The predicted molar refractivity (Wildman–Crippen MR) is 78.2 cm³/mol.